The maximum absolute atomic E-state index is 12.5. The normalized spacial score (nSPS) is 40.8. The Kier molecular flexibility index (Phi) is 5.29. The Hall–Kier alpha value is -1.96. The number of aliphatic hydroxyl groups is 1. The van der Waals surface area contributed by atoms with E-state index < -0.39 is 47.6 Å². The predicted octanol–water partition coefficient (Wildman–Crippen LogP) is 2.19. The number of esters is 2. The van der Waals surface area contributed by atoms with Gasteiger partial charge in [0.25, 0.3) is 0 Å². The van der Waals surface area contributed by atoms with Gasteiger partial charge in [-0.15, -0.1) is 0 Å². The molecule has 28 heavy (non-hydrogen) atoms. The molecule has 0 aromatic rings. The van der Waals surface area contributed by atoms with Gasteiger partial charge in [-0.25, -0.2) is 9.59 Å². The first-order valence-corrected chi connectivity index (χ1v) is 9.42. The lowest BCUT2D eigenvalue weighted by molar-refractivity contribution is -0.209. The van der Waals surface area contributed by atoms with Crippen molar-refractivity contribution in [2.24, 2.45) is 5.92 Å². The summed E-state index contributed by atoms with van der Waals surface area (Å²) >= 11 is 0. The minimum Gasteiger partial charge on any atom is -0.458 e. The van der Waals surface area contributed by atoms with Gasteiger partial charge in [0, 0.05) is 31.1 Å². The molecule has 3 aliphatic heterocycles. The van der Waals surface area contributed by atoms with E-state index in [4.69, 9.17) is 18.9 Å². The second-order valence-electron chi connectivity index (χ2n) is 8.02. The maximum Gasteiger partial charge on any atom is 0.334 e. The van der Waals surface area contributed by atoms with Gasteiger partial charge < -0.3 is 24.1 Å². The zero-order chi connectivity index (χ0) is 20.9. The summed E-state index contributed by atoms with van der Waals surface area (Å²) in [6, 6.07) is 0. The van der Waals surface area contributed by atoms with Crippen molar-refractivity contribution in [3.8, 4) is 0 Å². The van der Waals surface area contributed by atoms with Gasteiger partial charge in [0.05, 0.1) is 17.6 Å². The summed E-state index contributed by atoms with van der Waals surface area (Å²) in [6.07, 6.45) is 1.91. The lowest BCUT2D eigenvalue weighted by atomic mass is 9.80. The lowest BCUT2D eigenvalue weighted by Crippen LogP contribution is -2.45. The van der Waals surface area contributed by atoms with E-state index in [1.54, 1.807) is 40.0 Å². The molecule has 3 aliphatic rings. The SMILES string of the molecule is C=C1C(=O)OC2C=C(C)C3(O)CC(OC)C(C)(CC(OC(=O)C(C)=CC)C12)O3. The number of carbonyl (C=O) groups is 2. The molecule has 0 spiro atoms. The predicted molar refractivity (Wildman–Crippen MR) is 100 cm³/mol. The standard InChI is InChI=1S/C21H28O7/c1-7-11(2)18(22)27-15-9-20(5)16(25-6)10-21(24,28-20)12(3)8-14-17(15)13(4)19(23)26-14/h7-8,14-17,24H,4,9-10H2,1-3,5-6H3. The van der Waals surface area contributed by atoms with E-state index in [2.05, 4.69) is 6.58 Å². The first kappa shape index (κ1) is 20.8. The van der Waals surface area contributed by atoms with Crippen molar-refractivity contribution < 1.29 is 33.6 Å². The van der Waals surface area contributed by atoms with Gasteiger partial charge in [0.2, 0.25) is 0 Å². The second kappa shape index (κ2) is 7.13. The number of hydrogen-bond donors (Lipinski definition) is 1. The Labute approximate surface area is 165 Å². The number of carbonyl (C=O) groups excluding carboxylic acids is 2. The number of ether oxygens (including phenoxy) is 4. The first-order valence-electron chi connectivity index (χ1n) is 9.42. The summed E-state index contributed by atoms with van der Waals surface area (Å²) < 4.78 is 22.9. The zero-order valence-corrected chi connectivity index (χ0v) is 17.0. The van der Waals surface area contributed by atoms with E-state index in [0.717, 1.165) is 0 Å². The Morgan fingerprint density at radius 2 is 2.11 bits per heavy atom. The molecule has 0 amide bonds. The van der Waals surface area contributed by atoms with Crippen molar-refractivity contribution in [2.45, 2.75) is 70.2 Å². The first-order chi connectivity index (χ1) is 13.0. The molecule has 0 aromatic carbocycles. The van der Waals surface area contributed by atoms with Crippen molar-refractivity contribution in [1.29, 1.82) is 0 Å². The summed E-state index contributed by atoms with van der Waals surface area (Å²) in [5.74, 6) is -3.13. The molecule has 7 nitrogen and oxygen atoms in total. The minimum absolute atomic E-state index is 0.217. The maximum atomic E-state index is 12.5. The number of allylic oxidation sites excluding steroid dienone is 1. The Morgan fingerprint density at radius 1 is 1.43 bits per heavy atom. The van der Waals surface area contributed by atoms with E-state index in [1.807, 2.05) is 6.92 Å². The topological polar surface area (TPSA) is 91.3 Å². The molecule has 0 aromatic heterocycles. The highest BCUT2D eigenvalue weighted by molar-refractivity contribution is 5.92. The van der Waals surface area contributed by atoms with Crippen LogP contribution < -0.4 is 0 Å². The highest BCUT2D eigenvalue weighted by atomic mass is 16.7. The van der Waals surface area contributed by atoms with Gasteiger partial charge in [0.1, 0.15) is 12.2 Å². The quantitative estimate of drug-likeness (QED) is 0.447. The fourth-order valence-corrected chi connectivity index (χ4v) is 4.25. The molecule has 3 heterocycles. The molecular formula is C21H28O7. The smallest absolute Gasteiger partial charge is 0.334 e. The fraction of sp³-hybridized carbons (Fsp3) is 0.619. The number of rotatable bonds is 3. The van der Waals surface area contributed by atoms with Gasteiger partial charge in [0.15, 0.2) is 5.79 Å². The molecule has 0 saturated carbocycles. The molecular weight excluding hydrogens is 364 g/mol. The van der Waals surface area contributed by atoms with Crippen LogP contribution in [0.4, 0.5) is 0 Å². The number of hydrogen-bond acceptors (Lipinski definition) is 7. The number of fused-ring (bicyclic) bond motifs is 3. The van der Waals surface area contributed by atoms with Crippen molar-refractivity contribution in [1.82, 2.24) is 0 Å². The van der Waals surface area contributed by atoms with Crippen molar-refractivity contribution in [3.05, 3.63) is 35.5 Å². The third-order valence-corrected chi connectivity index (χ3v) is 6.14. The van der Waals surface area contributed by atoms with E-state index in [1.165, 1.54) is 0 Å². The van der Waals surface area contributed by atoms with E-state index in [0.29, 0.717) is 11.1 Å². The highest BCUT2D eigenvalue weighted by Crippen LogP contribution is 2.48. The molecule has 154 valence electrons. The summed E-state index contributed by atoms with van der Waals surface area (Å²) in [6.45, 7) is 10.8. The molecule has 6 atom stereocenters. The van der Waals surface area contributed by atoms with Crippen LogP contribution >= 0.6 is 0 Å². The molecule has 3 rings (SSSR count). The minimum atomic E-state index is -1.55. The molecule has 7 heteroatoms. The largest absolute Gasteiger partial charge is 0.458 e. The van der Waals surface area contributed by atoms with E-state index >= 15 is 0 Å². The van der Waals surface area contributed by atoms with Crippen LogP contribution in [-0.4, -0.2) is 53.9 Å². The zero-order valence-electron chi connectivity index (χ0n) is 17.0. The average Bonchev–Trinajstić information content (AvgIpc) is 3.07. The van der Waals surface area contributed by atoms with Crippen molar-refractivity contribution >= 4 is 11.9 Å². The van der Waals surface area contributed by atoms with Crippen molar-refractivity contribution in [3.63, 3.8) is 0 Å². The molecule has 0 radical (unpaired) electrons. The average molecular weight is 392 g/mol. The Bertz CT molecular complexity index is 767. The summed E-state index contributed by atoms with van der Waals surface area (Å²) in [4.78, 5) is 24.7. The van der Waals surface area contributed by atoms with Crippen LogP contribution in [0.5, 0.6) is 0 Å². The summed E-state index contributed by atoms with van der Waals surface area (Å²) in [5, 5.41) is 11.1. The molecule has 2 saturated heterocycles. The van der Waals surface area contributed by atoms with Crippen LogP contribution in [0.1, 0.15) is 40.5 Å². The Balaban J connectivity index is 2.08. The third kappa shape index (κ3) is 3.32. The van der Waals surface area contributed by atoms with Gasteiger partial charge >= 0.3 is 11.9 Å². The van der Waals surface area contributed by atoms with Gasteiger partial charge in [-0.2, -0.15) is 0 Å². The Morgan fingerprint density at radius 3 is 2.71 bits per heavy atom. The van der Waals surface area contributed by atoms with Crippen LogP contribution in [0, 0.1) is 5.92 Å². The van der Waals surface area contributed by atoms with Gasteiger partial charge in [-0.05, 0) is 39.3 Å². The molecule has 1 N–H and O–H groups in total. The molecule has 2 bridgehead atoms. The van der Waals surface area contributed by atoms with Crippen LogP contribution in [-0.2, 0) is 28.5 Å². The molecule has 2 fully saturated rings. The monoisotopic (exact) mass is 392 g/mol. The fourth-order valence-electron chi connectivity index (χ4n) is 4.25. The van der Waals surface area contributed by atoms with E-state index in [9.17, 15) is 14.7 Å². The molecule has 6 unspecified atom stereocenters. The third-order valence-electron chi connectivity index (χ3n) is 6.14. The van der Waals surface area contributed by atoms with Crippen LogP contribution in [0.15, 0.2) is 35.5 Å². The highest BCUT2D eigenvalue weighted by Gasteiger charge is 2.58. The van der Waals surface area contributed by atoms with Crippen LogP contribution in [0.2, 0.25) is 0 Å². The van der Waals surface area contributed by atoms with Gasteiger partial charge in [-0.1, -0.05) is 12.7 Å². The summed E-state index contributed by atoms with van der Waals surface area (Å²) in [7, 11) is 1.55. The summed E-state index contributed by atoms with van der Waals surface area (Å²) in [5.41, 5.74) is 0.282. The second-order valence-corrected chi connectivity index (χ2v) is 8.02. The van der Waals surface area contributed by atoms with Crippen LogP contribution in [0.3, 0.4) is 0 Å². The van der Waals surface area contributed by atoms with E-state index in [-0.39, 0.29) is 18.4 Å². The molecule has 0 aliphatic carbocycles. The van der Waals surface area contributed by atoms with Crippen LogP contribution in [0.25, 0.3) is 0 Å². The van der Waals surface area contributed by atoms with Gasteiger partial charge in [-0.3, -0.25) is 0 Å². The number of methoxy groups -OCH3 is 1. The lowest BCUT2D eigenvalue weighted by Gasteiger charge is -2.35. The van der Waals surface area contributed by atoms with Crippen molar-refractivity contribution in [2.75, 3.05) is 7.11 Å².